The number of ether oxygens (including phenoxy) is 1. The summed E-state index contributed by atoms with van der Waals surface area (Å²) in [6, 6.07) is -0.0195. The lowest BCUT2D eigenvalue weighted by molar-refractivity contribution is -0.150. The average molecular weight is 294 g/mol. The summed E-state index contributed by atoms with van der Waals surface area (Å²) in [7, 11) is 1.41. The van der Waals surface area contributed by atoms with E-state index in [1.165, 1.54) is 32.8 Å². The van der Waals surface area contributed by atoms with E-state index in [9.17, 15) is 9.59 Å². The number of carbonyl (C=O) groups excluding carboxylic acids is 2. The van der Waals surface area contributed by atoms with E-state index in [0.29, 0.717) is 25.4 Å². The van der Waals surface area contributed by atoms with E-state index in [-0.39, 0.29) is 12.0 Å². The fourth-order valence-corrected chi connectivity index (χ4v) is 3.63. The zero-order valence-corrected chi connectivity index (χ0v) is 13.1. The minimum atomic E-state index is -0.543. The van der Waals surface area contributed by atoms with Crippen molar-refractivity contribution in [2.75, 3.05) is 26.7 Å². The zero-order valence-electron chi connectivity index (χ0n) is 13.1. The van der Waals surface area contributed by atoms with Crippen LogP contribution in [0.1, 0.15) is 39.0 Å². The molecule has 118 valence electrons. The van der Waals surface area contributed by atoms with Crippen molar-refractivity contribution in [3.05, 3.63) is 0 Å². The SMILES string of the molecule is COC(=O)[C@@]1(C)CCN(C(=O)NCC(C2CC2)C2CC2)C1. The smallest absolute Gasteiger partial charge is 0.317 e. The van der Waals surface area contributed by atoms with Gasteiger partial charge in [0, 0.05) is 19.6 Å². The molecular weight excluding hydrogens is 268 g/mol. The third-order valence-corrected chi connectivity index (χ3v) is 5.38. The monoisotopic (exact) mass is 294 g/mol. The van der Waals surface area contributed by atoms with Crippen molar-refractivity contribution in [2.45, 2.75) is 39.0 Å². The van der Waals surface area contributed by atoms with E-state index in [1.807, 2.05) is 6.92 Å². The standard InChI is InChI=1S/C16H26N2O3/c1-16(14(19)21-2)7-8-18(10-16)15(20)17-9-13(11-3-4-11)12-5-6-12/h11-13H,3-10H2,1-2H3,(H,17,20)/t16-/m0/s1. The van der Waals surface area contributed by atoms with Crippen LogP contribution < -0.4 is 5.32 Å². The zero-order chi connectivity index (χ0) is 15.0. The Kier molecular flexibility index (Phi) is 3.84. The highest BCUT2D eigenvalue weighted by Crippen LogP contribution is 2.48. The molecule has 1 aliphatic heterocycles. The van der Waals surface area contributed by atoms with E-state index in [4.69, 9.17) is 4.74 Å². The Bertz CT molecular complexity index is 419. The number of urea groups is 1. The number of nitrogens with one attached hydrogen (secondary N) is 1. The van der Waals surface area contributed by atoms with Crippen molar-refractivity contribution >= 4 is 12.0 Å². The van der Waals surface area contributed by atoms with Crippen molar-refractivity contribution in [2.24, 2.45) is 23.2 Å². The van der Waals surface area contributed by atoms with Gasteiger partial charge in [-0.2, -0.15) is 0 Å². The Hall–Kier alpha value is -1.26. The third-order valence-electron chi connectivity index (χ3n) is 5.38. The van der Waals surface area contributed by atoms with Gasteiger partial charge < -0.3 is 15.0 Å². The summed E-state index contributed by atoms with van der Waals surface area (Å²) in [5.74, 6) is 2.16. The van der Waals surface area contributed by atoms with Crippen LogP contribution in [0.2, 0.25) is 0 Å². The van der Waals surface area contributed by atoms with Crippen molar-refractivity contribution in [3.8, 4) is 0 Å². The first-order chi connectivity index (χ1) is 10.0. The summed E-state index contributed by atoms with van der Waals surface area (Å²) < 4.78 is 4.85. The number of carbonyl (C=O) groups is 2. The molecule has 3 fully saturated rings. The van der Waals surface area contributed by atoms with Crippen LogP contribution in [0.15, 0.2) is 0 Å². The topological polar surface area (TPSA) is 58.6 Å². The van der Waals surface area contributed by atoms with E-state index >= 15 is 0 Å². The Morgan fingerprint density at radius 1 is 1.29 bits per heavy atom. The van der Waals surface area contributed by atoms with E-state index < -0.39 is 5.41 Å². The number of amides is 2. The molecule has 0 aromatic rings. The van der Waals surface area contributed by atoms with Gasteiger partial charge in [0.05, 0.1) is 12.5 Å². The van der Waals surface area contributed by atoms with E-state index in [0.717, 1.165) is 18.4 Å². The molecule has 0 bridgehead atoms. The quantitative estimate of drug-likeness (QED) is 0.789. The van der Waals surface area contributed by atoms with Crippen molar-refractivity contribution in [1.29, 1.82) is 0 Å². The molecule has 2 saturated carbocycles. The lowest BCUT2D eigenvalue weighted by Crippen LogP contribution is -2.43. The second-order valence-corrected chi connectivity index (χ2v) is 7.25. The Labute approximate surface area is 126 Å². The van der Waals surface area contributed by atoms with E-state index in [1.54, 1.807) is 4.90 Å². The summed E-state index contributed by atoms with van der Waals surface area (Å²) in [6.45, 7) is 3.78. The molecule has 0 radical (unpaired) electrons. The maximum Gasteiger partial charge on any atom is 0.317 e. The van der Waals surface area contributed by atoms with Gasteiger partial charge in [-0.25, -0.2) is 4.79 Å². The lowest BCUT2D eigenvalue weighted by Gasteiger charge is -2.23. The minimum Gasteiger partial charge on any atom is -0.469 e. The Morgan fingerprint density at radius 3 is 2.43 bits per heavy atom. The van der Waals surface area contributed by atoms with Crippen LogP contribution in [0, 0.1) is 23.2 Å². The summed E-state index contributed by atoms with van der Waals surface area (Å²) >= 11 is 0. The third kappa shape index (κ3) is 3.16. The maximum atomic E-state index is 12.3. The highest BCUT2D eigenvalue weighted by atomic mass is 16.5. The first-order valence-electron chi connectivity index (χ1n) is 8.15. The number of rotatable bonds is 5. The number of esters is 1. The van der Waals surface area contributed by atoms with E-state index in [2.05, 4.69) is 5.32 Å². The van der Waals surface area contributed by atoms with Gasteiger partial charge in [-0.05, 0) is 56.8 Å². The molecule has 5 heteroatoms. The molecule has 0 aromatic carbocycles. The van der Waals surface area contributed by atoms with Crippen molar-refractivity contribution in [1.82, 2.24) is 10.2 Å². The molecule has 0 aromatic heterocycles. The van der Waals surface area contributed by atoms with Crippen LogP contribution in [0.4, 0.5) is 4.79 Å². The molecule has 3 aliphatic rings. The molecule has 1 N–H and O–H groups in total. The van der Waals surface area contributed by atoms with Crippen LogP contribution in [-0.2, 0) is 9.53 Å². The lowest BCUT2D eigenvalue weighted by atomic mass is 9.90. The van der Waals surface area contributed by atoms with Gasteiger partial charge in [0.2, 0.25) is 0 Å². The summed E-state index contributed by atoms with van der Waals surface area (Å²) in [4.78, 5) is 25.8. The van der Waals surface area contributed by atoms with Gasteiger partial charge in [-0.1, -0.05) is 0 Å². The number of likely N-dealkylation sites (tertiary alicyclic amines) is 1. The fourth-order valence-electron chi connectivity index (χ4n) is 3.63. The normalized spacial score (nSPS) is 28.8. The number of hydrogen-bond acceptors (Lipinski definition) is 3. The molecular formula is C16H26N2O3. The predicted octanol–water partition coefficient (Wildman–Crippen LogP) is 2.02. The van der Waals surface area contributed by atoms with Crippen LogP contribution >= 0.6 is 0 Å². The molecule has 2 aliphatic carbocycles. The minimum absolute atomic E-state index is 0.0195. The van der Waals surface area contributed by atoms with Crippen LogP contribution in [0.5, 0.6) is 0 Å². The van der Waals surface area contributed by atoms with Crippen molar-refractivity contribution in [3.63, 3.8) is 0 Å². The molecule has 2 amide bonds. The molecule has 1 heterocycles. The van der Waals surface area contributed by atoms with Crippen LogP contribution in [0.25, 0.3) is 0 Å². The molecule has 1 saturated heterocycles. The molecule has 1 atom stereocenters. The van der Waals surface area contributed by atoms with Gasteiger partial charge in [0.1, 0.15) is 0 Å². The second kappa shape index (κ2) is 5.50. The Morgan fingerprint density at radius 2 is 1.90 bits per heavy atom. The predicted molar refractivity (Wildman–Crippen MR) is 78.6 cm³/mol. The molecule has 0 unspecified atom stereocenters. The maximum absolute atomic E-state index is 12.3. The number of nitrogens with zero attached hydrogens (tertiary/aromatic N) is 1. The first-order valence-corrected chi connectivity index (χ1v) is 8.15. The highest BCUT2D eigenvalue weighted by Gasteiger charge is 2.44. The summed E-state index contributed by atoms with van der Waals surface area (Å²) in [5.41, 5.74) is -0.543. The van der Waals surface area contributed by atoms with Crippen LogP contribution in [-0.4, -0.2) is 43.6 Å². The number of methoxy groups -OCH3 is 1. The first kappa shape index (κ1) is 14.7. The second-order valence-electron chi connectivity index (χ2n) is 7.25. The summed E-state index contributed by atoms with van der Waals surface area (Å²) in [6.07, 6.45) is 6.02. The molecule has 5 nitrogen and oxygen atoms in total. The van der Waals surface area contributed by atoms with Gasteiger partial charge in [-0.3, -0.25) is 4.79 Å². The van der Waals surface area contributed by atoms with Gasteiger partial charge in [0.25, 0.3) is 0 Å². The average Bonchev–Trinajstić information content (AvgIpc) is 3.38. The molecule has 3 rings (SSSR count). The fraction of sp³-hybridized carbons (Fsp3) is 0.875. The molecule has 0 spiro atoms. The van der Waals surface area contributed by atoms with Gasteiger partial charge >= 0.3 is 12.0 Å². The van der Waals surface area contributed by atoms with Gasteiger partial charge in [0.15, 0.2) is 0 Å². The largest absolute Gasteiger partial charge is 0.469 e. The highest BCUT2D eigenvalue weighted by molar-refractivity contribution is 5.80. The van der Waals surface area contributed by atoms with Crippen molar-refractivity contribution < 1.29 is 14.3 Å². The summed E-state index contributed by atoms with van der Waals surface area (Å²) in [5, 5.41) is 3.10. The van der Waals surface area contributed by atoms with Crippen LogP contribution in [0.3, 0.4) is 0 Å². The number of hydrogen-bond donors (Lipinski definition) is 1. The van der Waals surface area contributed by atoms with Gasteiger partial charge in [-0.15, -0.1) is 0 Å². The molecule has 21 heavy (non-hydrogen) atoms. The Balaban J connectivity index is 1.48.